The van der Waals surface area contributed by atoms with Crippen molar-refractivity contribution < 1.29 is 5.32 Å². The minimum atomic E-state index is 0.556. The van der Waals surface area contributed by atoms with Gasteiger partial charge in [-0.25, -0.2) is 0 Å². The Kier molecular flexibility index (Phi) is 2.24. The average Bonchev–Trinajstić information content (AvgIpc) is 2.03. The fourth-order valence-corrected chi connectivity index (χ4v) is 3.52. The van der Waals surface area contributed by atoms with E-state index in [0.29, 0.717) is 4.32 Å². The van der Waals surface area contributed by atoms with Gasteiger partial charge >= 0.3 is 0 Å². The monoisotopic (exact) mass is 218 g/mol. The number of hydrogen-bond acceptors (Lipinski definition) is 0. The topological polar surface area (TPSA) is 16.6 Å². The molecule has 0 unspecified atom stereocenters. The highest BCUT2D eigenvalue weighted by Crippen LogP contribution is 2.43. The summed E-state index contributed by atoms with van der Waals surface area (Å²) in [5.74, 6) is 0.963. The summed E-state index contributed by atoms with van der Waals surface area (Å²) in [4.78, 5) is 0. The van der Waals surface area contributed by atoms with Crippen LogP contribution in [0.1, 0.15) is 32.1 Å². The van der Waals surface area contributed by atoms with Crippen LogP contribution in [0.5, 0.6) is 0 Å². The Bertz CT molecular complexity index is 134. The van der Waals surface area contributed by atoms with Gasteiger partial charge < -0.3 is 5.32 Å². The van der Waals surface area contributed by atoms with Gasteiger partial charge in [0.1, 0.15) is 0 Å². The zero-order chi connectivity index (χ0) is 7.73. The van der Waals surface area contributed by atoms with Gasteiger partial charge in [0.2, 0.25) is 0 Å². The fraction of sp³-hybridized carbons (Fsp3) is 1.00. The Hall–Kier alpha value is 0.440. The quantitative estimate of drug-likeness (QED) is 0.591. The molecule has 2 atom stereocenters. The van der Waals surface area contributed by atoms with Crippen molar-refractivity contribution in [3.63, 3.8) is 0 Å². The predicted molar refractivity (Wildman–Crippen MR) is 49.9 cm³/mol. The van der Waals surface area contributed by atoms with Gasteiger partial charge in [-0.3, -0.25) is 0 Å². The first kappa shape index (κ1) is 8.06. The number of piperidine rings is 1. The molecule has 1 aliphatic heterocycles. The Balaban J connectivity index is 2.06. The van der Waals surface area contributed by atoms with Crippen molar-refractivity contribution in [3.05, 3.63) is 0 Å². The zero-order valence-corrected chi connectivity index (χ0v) is 8.57. The van der Waals surface area contributed by atoms with E-state index in [4.69, 9.17) is 0 Å². The predicted octanol–water partition coefficient (Wildman–Crippen LogP) is 1.28. The van der Waals surface area contributed by atoms with Gasteiger partial charge in [-0.1, -0.05) is 28.8 Å². The molecule has 2 rings (SSSR count). The van der Waals surface area contributed by atoms with Crippen LogP contribution >= 0.6 is 15.9 Å². The summed E-state index contributed by atoms with van der Waals surface area (Å²) < 4.78 is 0.556. The molecule has 1 nitrogen and oxygen atoms in total. The first-order valence-corrected chi connectivity index (χ1v) is 5.61. The molecule has 0 spiro atoms. The van der Waals surface area contributed by atoms with Crippen molar-refractivity contribution in [2.45, 2.75) is 36.4 Å². The van der Waals surface area contributed by atoms with Crippen LogP contribution in [-0.2, 0) is 0 Å². The van der Waals surface area contributed by atoms with Crippen LogP contribution in [0.4, 0.5) is 0 Å². The van der Waals surface area contributed by atoms with Crippen LogP contribution in [0.3, 0.4) is 0 Å². The lowest BCUT2D eigenvalue weighted by Gasteiger charge is -2.41. The molecule has 2 aliphatic rings. The molecular formula is C9H17BrN+. The first-order valence-electron chi connectivity index (χ1n) is 4.82. The second-order valence-corrected chi connectivity index (χ2v) is 5.62. The van der Waals surface area contributed by atoms with E-state index in [1.54, 1.807) is 0 Å². The largest absolute Gasteiger partial charge is 0.346 e. The van der Waals surface area contributed by atoms with Crippen molar-refractivity contribution in [3.8, 4) is 0 Å². The van der Waals surface area contributed by atoms with Gasteiger partial charge in [0, 0.05) is 16.7 Å². The van der Waals surface area contributed by atoms with Crippen molar-refractivity contribution in [2.75, 3.05) is 13.1 Å². The number of quaternary nitrogens is 1. The number of nitrogens with two attached hydrogens (primary N) is 1. The molecule has 64 valence electrons. The van der Waals surface area contributed by atoms with Crippen molar-refractivity contribution in [1.29, 1.82) is 0 Å². The highest BCUT2D eigenvalue weighted by atomic mass is 79.9. The van der Waals surface area contributed by atoms with Crippen LogP contribution in [0.25, 0.3) is 0 Å². The van der Waals surface area contributed by atoms with E-state index in [2.05, 4.69) is 21.2 Å². The third kappa shape index (κ3) is 1.48. The number of halogens is 1. The first-order chi connectivity index (χ1) is 5.31. The lowest BCUT2D eigenvalue weighted by molar-refractivity contribution is -0.671. The van der Waals surface area contributed by atoms with Crippen LogP contribution < -0.4 is 5.32 Å². The molecule has 1 saturated carbocycles. The van der Waals surface area contributed by atoms with E-state index >= 15 is 0 Å². The molecule has 0 amide bonds. The van der Waals surface area contributed by atoms with E-state index in [1.807, 2.05) is 0 Å². The fourth-order valence-electron chi connectivity index (χ4n) is 2.59. The molecule has 1 heterocycles. The Morgan fingerprint density at radius 1 is 1.27 bits per heavy atom. The number of fused-ring (bicyclic) bond motifs is 1. The highest BCUT2D eigenvalue weighted by Gasteiger charge is 2.41. The van der Waals surface area contributed by atoms with Crippen molar-refractivity contribution in [1.82, 2.24) is 0 Å². The van der Waals surface area contributed by atoms with E-state index in [9.17, 15) is 0 Å². The van der Waals surface area contributed by atoms with E-state index < -0.39 is 0 Å². The van der Waals surface area contributed by atoms with Gasteiger partial charge in [-0.2, -0.15) is 0 Å². The number of alkyl halides is 1. The molecule has 0 aromatic carbocycles. The van der Waals surface area contributed by atoms with Crippen LogP contribution in [0, 0.1) is 5.92 Å². The molecule has 1 saturated heterocycles. The minimum absolute atomic E-state index is 0.556. The van der Waals surface area contributed by atoms with E-state index in [1.165, 1.54) is 45.2 Å². The maximum atomic E-state index is 3.95. The Morgan fingerprint density at radius 3 is 3.00 bits per heavy atom. The summed E-state index contributed by atoms with van der Waals surface area (Å²) in [6, 6.07) is 0. The third-order valence-corrected chi connectivity index (χ3v) is 4.78. The smallest absolute Gasteiger partial charge is 0.0797 e. The van der Waals surface area contributed by atoms with Crippen molar-refractivity contribution >= 4 is 15.9 Å². The van der Waals surface area contributed by atoms with E-state index in [0.717, 1.165) is 5.92 Å². The van der Waals surface area contributed by atoms with Crippen LogP contribution in [0.2, 0.25) is 0 Å². The van der Waals surface area contributed by atoms with E-state index in [-0.39, 0.29) is 0 Å². The van der Waals surface area contributed by atoms with Gasteiger partial charge in [-0.15, -0.1) is 0 Å². The normalized spacial score (nSPS) is 45.0. The molecule has 2 fully saturated rings. The van der Waals surface area contributed by atoms with Crippen LogP contribution in [-0.4, -0.2) is 17.4 Å². The Labute approximate surface area is 77.1 Å². The lowest BCUT2D eigenvalue weighted by Crippen LogP contribution is -2.89. The lowest BCUT2D eigenvalue weighted by atomic mass is 9.75. The second kappa shape index (κ2) is 3.06. The molecule has 1 aliphatic carbocycles. The van der Waals surface area contributed by atoms with Crippen LogP contribution in [0.15, 0.2) is 0 Å². The van der Waals surface area contributed by atoms with Gasteiger partial charge in [-0.05, 0) is 12.8 Å². The van der Waals surface area contributed by atoms with Gasteiger partial charge in [0.05, 0.1) is 13.1 Å². The SMILES string of the molecule is Br[C@]12CCCC[C@@H]1C[NH2+]CC2. The number of rotatable bonds is 0. The molecule has 2 heteroatoms. The molecule has 11 heavy (non-hydrogen) atoms. The summed E-state index contributed by atoms with van der Waals surface area (Å²) in [5, 5.41) is 2.48. The van der Waals surface area contributed by atoms with Crippen molar-refractivity contribution in [2.24, 2.45) is 5.92 Å². The molecule has 0 aromatic rings. The Morgan fingerprint density at radius 2 is 2.18 bits per heavy atom. The standard InChI is InChI=1S/C9H16BrN/c10-9-4-2-1-3-8(9)7-11-6-5-9/h8,11H,1-7H2/p+1/t8-,9+/m1/s1. The minimum Gasteiger partial charge on any atom is -0.346 e. The van der Waals surface area contributed by atoms with Gasteiger partial charge in [0.15, 0.2) is 0 Å². The third-order valence-electron chi connectivity index (χ3n) is 3.34. The maximum Gasteiger partial charge on any atom is 0.0797 e. The molecule has 0 bridgehead atoms. The molecule has 0 aromatic heterocycles. The number of hydrogen-bond donors (Lipinski definition) is 1. The molecular weight excluding hydrogens is 202 g/mol. The molecule has 0 radical (unpaired) electrons. The summed E-state index contributed by atoms with van der Waals surface area (Å²) in [7, 11) is 0. The zero-order valence-electron chi connectivity index (χ0n) is 6.98. The summed E-state index contributed by atoms with van der Waals surface area (Å²) >= 11 is 3.95. The van der Waals surface area contributed by atoms with Gasteiger partial charge in [0.25, 0.3) is 0 Å². The second-order valence-electron chi connectivity index (χ2n) is 4.04. The average molecular weight is 219 g/mol. The highest BCUT2D eigenvalue weighted by molar-refractivity contribution is 9.10. The molecule has 2 N–H and O–H groups in total. The summed E-state index contributed by atoms with van der Waals surface area (Å²) in [6.45, 7) is 2.70. The maximum absolute atomic E-state index is 3.95. The summed E-state index contributed by atoms with van der Waals surface area (Å²) in [5.41, 5.74) is 0. The summed E-state index contributed by atoms with van der Waals surface area (Å²) in [6.07, 6.45) is 7.18.